The summed E-state index contributed by atoms with van der Waals surface area (Å²) in [5.41, 5.74) is 1.33. The highest BCUT2D eigenvalue weighted by molar-refractivity contribution is 5.64. The second-order valence-electron chi connectivity index (χ2n) is 4.79. The lowest BCUT2D eigenvalue weighted by molar-refractivity contribution is 0.194. The van der Waals surface area contributed by atoms with Gasteiger partial charge in [0.05, 0.1) is 6.33 Å². The number of hydrogen-bond acceptors (Lipinski definition) is 3. The summed E-state index contributed by atoms with van der Waals surface area (Å²) in [4.78, 5) is 14.5. The van der Waals surface area contributed by atoms with Crippen LogP contribution in [0.5, 0.6) is 0 Å². The molecule has 0 aromatic carbocycles. The van der Waals surface area contributed by atoms with Crippen molar-refractivity contribution in [1.82, 2.24) is 20.2 Å². The van der Waals surface area contributed by atoms with Crippen molar-refractivity contribution in [3.8, 4) is 0 Å². The van der Waals surface area contributed by atoms with E-state index < -0.39 is 6.09 Å². The Kier molecular flexibility index (Phi) is 4.19. The number of nitrogens with zero attached hydrogens (tertiary/aromatic N) is 2. The Morgan fingerprint density at radius 3 is 3.06 bits per heavy atom. The van der Waals surface area contributed by atoms with Gasteiger partial charge >= 0.3 is 6.09 Å². The van der Waals surface area contributed by atoms with E-state index in [1.54, 1.807) is 0 Å². The first-order valence-corrected chi connectivity index (χ1v) is 6.37. The van der Waals surface area contributed by atoms with Crippen LogP contribution in [0, 0.1) is 0 Å². The number of rotatable bonds is 7. The zero-order chi connectivity index (χ0) is 13.0. The fourth-order valence-electron chi connectivity index (χ4n) is 2.05. The topological polar surface area (TPSA) is 79.2 Å². The molecule has 6 heteroatoms. The lowest BCUT2D eigenvalue weighted by atomic mass is 10.2. The van der Waals surface area contributed by atoms with Crippen molar-refractivity contribution in [2.75, 3.05) is 19.6 Å². The highest BCUT2D eigenvalue weighted by Gasteiger charge is 2.27. The summed E-state index contributed by atoms with van der Waals surface area (Å²) >= 11 is 0. The molecule has 1 atom stereocenters. The summed E-state index contributed by atoms with van der Waals surface area (Å²) in [6, 6.07) is 0.341. The Morgan fingerprint density at radius 1 is 1.61 bits per heavy atom. The molecular formula is C12H20N4O2. The molecule has 1 aliphatic rings. The highest BCUT2D eigenvalue weighted by Crippen LogP contribution is 2.40. The van der Waals surface area contributed by atoms with E-state index in [1.807, 2.05) is 12.5 Å². The van der Waals surface area contributed by atoms with Crippen molar-refractivity contribution in [3.63, 3.8) is 0 Å². The maximum Gasteiger partial charge on any atom is 0.404 e. The van der Waals surface area contributed by atoms with Crippen LogP contribution in [0.1, 0.15) is 37.4 Å². The summed E-state index contributed by atoms with van der Waals surface area (Å²) in [6.45, 7) is 4.04. The highest BCUT2D eigenvalue weighted by atomic mass is 16.4. The van der Waals surface area contributed by atoms with Gasteiger partial charge in [0, 0.05) is 43.5 Å². The summed E-state index contributed by atoms with van der Waals surface area (Å²) < 4.78 is 2.22. The standard InChI is InChI=1S/C12H20N4O2/c1-9(6-13-4-5-15-12(17)18)16-8-14-7-11(16)10-2-3-10/h7-10,13,15H,2-6H2,1H3,(H,17,18). The van der Waals surface area contributed by atoms with Gasteiger partial charge in [-0.25, -0.2) is 9.78 Å². The van der Waals surface area contributed by atoms with Crippen LogP contribution in [-0.2, 0) is 0 Å². The Morgan fingerprint density at radius 2 is 2.39 bits per heavy atom. The van der Waals surface area contributed by atoms with Gasteiger partial charge in [-0.1, -0.05) is 0 Å². The van der Waals surface area contributed by atoms with Crippen LogP contribution in [0.15, 0.2) is 12.5 Å². The molecule has 1 heterocycles. The van der Waals surface area contributed by atoms with Crippen LogP contribution in [0.25, 0.3) is 0 Å². The minimum atomic E-state index is -0.976. The van der Waals surface area contributed by atoms with Gasteiger partial charge in [-0.05, 0) is 19.8 Å². The molecule has 1 fully saturated rings. The largest absolute Gasteiger partial charge is 0.465 e. The molecule has 0 bridgehead atoms. The van der Waals surface area contributed by atoms with Gasteiger partial charge in [-0.3, -0.25) is 0 Å². The first-order valence-electron chi connectivity index (χ1n) is 6.37. The van der Waals surface area contributed by atoms with E-state index in [9.17, 15) is 4.79 Å². The van der Waals surface area contributed by atoms with Crippen molar-refractivity contribution >= 4 is 6.09 Å². The average molecular weight is 252 g/mol. The summed E-state index contributed by atoms with van der Waals surface area (Å²) in [5.74, 6) is 0.698. The molecule has 1 amide bonds. The average Bonchev–Trinajstić information content (AvgIpc) is 3.05. The van der Waals surface area contributed by atoms with Crippen LogP contribution in [0.3, 0.4) is 0 Å². The van der Waals surface area contributed by atoms with E-state index in [0.29, 0.717) is 25.0 Å². The Balaban J connectivity index is 1.72. The van der Waals surface area contributed by atoms with E-state index in [-0.39, 0.29) is 0 Å². The zero-order valence-electron chi connectivity index (χ0n) is 10.6. The number of imidazole rings is 1. The number of carboxylic acid groups (broad SMARTS) is 1. The van der Waals surface area contributed by atoms with Crippen LogP contribution in [0.4, 0.5) is 4.79 Å². The van der Waals surface area contributed by atoms with Gasteiger partial charge in [-0.15, -0.1) is 0 Å². The van der Waals surface area contributed by atoms with Crippen molar-refractivity contribution in [2.45, 2.75) is 31.7 Å². The van der Waals surface area contributed by atoms with E-state index in [0.717, 1.165) is 6.54 Å². The first kappa shape index (κ1) is 12.9. The van der Waals surface area contributed by atoms with Crippen LogP contribution < -0.4 is 10.6 Å². The predicted octanol–water partition coefficient (Wildman–Crippen LogP) is 1.18. The third kappa shape index (κ3) is 3.46. The number of amides is 1. The summed E-state index contributed by atoms with van der Waals surface area (Å²) in [7, 11) is 0. The van der Waals surface area contributed by atoms with Gasteiger partial charge in [0.15, 0.2) is 0 Å². The monoisotopic (exact) mass is 252 g/mol. The fourth-order valence-corrected chi connectivity index (χ4v) is 2.05. The van der Waals surface area contributed by atoms with Gasteiger partial charge in [0.1, 0.15) is 0 Å². The normalized spacial score (nSPS) is 16.5. The van der Waals surface area contributed by atoms with E-state index in [2.05, 4.69) is 27.1 Å². The van der Waals surface area contributed by atoms with Crippen molar-refractivity contribution < 1.29 is 9.90 Å². The second kappa shape index (κ2) is 5.86. The molecule has 1 saturated carbocycles. The van der Waals surface area contributed by atoms with Gasteiger partial charge in [0.2, 0.25) is 0 Å². The molecule has 18 heavy (non-hydrogen) atoms. The Hall–Kier alpha value is -1.56. The smallest absolute Gasteiger partial charge is 0.404 e. The van der Waals surface area contributed by atoms with Gasteiger partial charge in [-0.2, -0.15) is 0 Å². The molecule has 0 saturated heterocycles. The van der Waals surface area contributed by atoms with E-state index >= 15 is 0 Å². The molecule has 0 radical (unpaired) electrons. The van der Waals surface area contributed by atoms with Crippen molar-refractivity contribution in [2.24, 2.45) is 0 Å². The molecule has 1 aromatic rings. The molecule has 1 aromatic heterocycles. The first-order chi connectivity index (χ1) is 8.68. The summed E-state index contributed by atoms with van der Waals surface area (Å²) in [5, 5.41) is 14.0. The third-order valence-electron chi connectivity index (χ3n) is 3.18. The molecule has 0 spiro atoms. The van der Waals surface area contributed by atoms with Gasteiger partial charge in [0.25, 0.3) is 0 Å². The quantitative estimate of drug-likeness (QED) is 0.637. The van der Waals surface area contributed by atoms with Crippen LogP contribution in [-0.4, -0.2) is 40.4 Å². The number of aromatic nitrogens is 2. The molecule has 1 unspecified atom stereocenters. The molecular weight excluding hydrogens is 232 g/mol. The number of hydrogen-bond donors (Lipinski definition) is 3. The number of carbonyl (C=O) groups is 1. The van der Waals surface area contributed by atoms with Crippen molar-refractivity contribution in [1.29, 1.82) is 0 Å². The van der Waals surface area contributed by atoms with Gasteiger partial charge < -0.3 is 20.3 Å². The SMILES string of the molecule is CC(CNCCNC(=O)O)n1cncc1C1CC1. The minimum absolute atomic E-state index is 0.341. The predicted molar refractivity (Wildman–Crippen MR) is 67.8 cm³/mol. The van der Waals surface area contributed by atoms with Crippen molar-refractivity contribution in [3.05, 3.63) is 18.2 Å². The summed E-state index contributed by atoms with van der Waals surface area (Å²) in [6.07, 6.45) is 5.41. The molecule has 100 valence electrons. The third-order valence-corrected chi connectivity index (χ3v) is 3.18. The maximum absolute atomic E-state index is 10.3. The lowest BCUT2D eigenvalue weighted by Gasteiger charge is -2.17. The second-order valence-corrected chi connectivity index (χ2v) is 4.79. The fraction of sp³-hybridized carbons (Fsp3) is 0.667. The van der Waals surface area contributed by atoms with E-state index in [4.69, 9.17) is 5.11 Å². The lowest BCUT2D eigenvalue weighted by Crippen LogP contribution is -2.33. The van der Waals surface area contributed by atoms with Crippen LogP contribution >= 0.6 is 0 Å². The Labute approximate surface area is 106 Å². The number of nitrogens with one attached hydrogen (secondary N) is 2. The van der Waals surface area contributed by atoms with E-state index in [1.165, 1.54) is 18.5 Å². The van der Waals surface area contributed by atoms with Crippen LogP contribution in [0.2, 0.25) is 0 Å². The molecule has 0 aliphatic heterocycles. The molecule has 6 nitrogen and oxygen atoms in total. The maximum atomic E-state index is 10.3. The molecule has 2 rings (SSSR count). The Bertz CT molecular complexity index is 401. The minimum Gasteiger partial charge on any atom is -0.465 e. The molecule has 1 aliphatic carbocycles. The molecule has 3 N–H and O–H groups in total. The zero-order valence-corrected chi connectivity index (χ0v) is 10.6.